The fourth-order valence-electron chi connectivity index (χ4n) is 1.89. The average molecular weight is 228 g/mol. The first-order valence-electron chi connectivity index (χ1n) is 5.49. The van der Waals surface area contributed by atoms with E-state index < -0.39 is 0 Å². The van der Waals surface area contributed by atoms with E-state index in [9.17, 15) is 0 Å². The van der Waals surface area contributed by atoms with Gasteiger partial charge in [0.05, 0.1) is 0 Å². The van der Waals surface area contributed by atoms with Gasteiger partial charge in [-0.05, 0) is 6.92 Å². The van der Waals surface area contributed by atoms with Crippen LogP contribution in [0.1, 0.15) is 18.4 Å². The minimum atomic E-state index is 0.607. The summed E-state index contributed by atoms with van der Waals surface area (Å²) in [5.74, 6) is 2.52. The van der Waals surface area contributed by atoms with Crippen LogP contribution in [-0.4, -0.2) is 29.1 Å². The Balaban J connectivity index is 2.32. The highest BCUT2D eigenvalue weighted by molar-refractivity contribution is 5.38. The molecular weight excluding hydrogens is 216 g/mol. The molecule has 0 aliphatic heterocycles. The molecule has 0 unspecified atom stereocenters. The summed E-state index contributed by atoms with van der Waals surface area (Å²) in [6, 6.07) is 1.97. The smallest absolute Gasteiger partial charge is 0.254 e. The Bertz CT molecular complexity index is 665. The van der Waals surface area contributed by atoms with E-state index in [1.807, 2.05) is 23.8 Å². The number of fused-ring (bicyclic) bond motifs is 1. The lowest BCUT2D eigenvalue weighted by Gasteiger charge is -2.08. The predicted octanol–water partition coefficient (Wildman–Crippen LogP) is 1.18. The number of hydrogen-bond acceptors (Lipinski definition) is 4. The highest BCUT2D eigenvalue weighted by Crippen LogP contribution is 2.12. The van der Waals surface area contributed by atoms with Gasteiger partial charge in [0.1, 0.15) is 18.0 Å². The largest absolute Gasteiger partial charge is 0.288 e. The second kappa shape index (κ2) is 3.65. The van der Waals surface area contributed by atoms with Gasteiger partial charge >= 0.3 is 0 Å². The first-order chi connectivity index (χ1) is 8.29. The second-order valence-electron chi connectivity index (χ2n) is 3.79. The third-order valence-electron chi connectivity index (χ3n) is 2.64. The van der Waals surface area contributed by atoms with Gasteiger partial charge in [-0.1, -0.05) is 6.92 Å². The van der Waals surface area contributed by atoms with Crippen molar-refractivity contribution in [2.24, 2.45) is 0 Å². The molecule has 6 nitrogen and oxygen atoms in total. The quantitative estimate of drug-likeness (QED) is 0.660. The van der Waals surface area contributed by atoms with E-state index >= 15 is 0 Å². The van der Waals surface area contributed by atoms with Crippen LogP contribution in [0.4, 0.5) is 0 Å². The molecule has 0 radical (unpaired) electrons. The number of rotatable bonds is 2. The van der Waals surface area contributed by atoms with Crippen LogP contribution in [0.5, 0.6) is 0 Å². The zero-order valence-corrected chi connectivity index (χ0v) is 9.70. The van der Waals surface area contributed by atoms with E-state index in [1.165, 1.54) is 6.33 Å². The maximum absolute atomic E-state index is 4.32. The maximum atomic E-state index is 4.32. The summed E-state index contributed by atoms with van der Waals surface area (Å²) in [4.78, 5) is 12.7. The fraction of sp³-hybridized carbons (Fsp3) is 0.273. The van der Waals surface area contributed by atoms with Gasteiger partial charge in [-0.15, -0.1) is 0 Å². The van der Waals surface area contributed by atoms with E-state index in [0.717, 1.165) is 23.8 Å². The molecule has 0 bridgehead atoms. The molecule has 0 spiro atoms. The molecule has 17 heavy (non-hydrogen) atoms. The van der Waals surface area contributed by atoms with Crippen LogP contribution in [0, 0.1) is 6.92 Å². The van der Waals surface area contributed by atoms with Gasteiger partial charge in [0.2, 0.25) is 0 Å². The number of aryl methyl sites for hydroxylation is 2. The van der Waals surface area contributed by atoms with Gasteiger partial charge < -0.3 is 0 Å². The van der Waals surface area contributed by atoms with Crippen molar-refractivity contribution in [2.45, 2.75) is 20.3 Å². The van der Waals surface area contributed by atoms with Crippen LogP contribution in [0.15, 0.2) is 24.8 Å². The van der Waals surface area contributed by atoms with E-state index in [-0.39, 0.29) is 0 Å². The second-order valence-corrected chi connectivity index (χ2v) is 3.79. The molecule has 0 saturated carbocycles. The van der Waals surface area contributed by atoms with E-state index in [2.05, 4.69) is 27.0 Å². The van der Waals surface area contributed by atoms with Crippen LogP contribution in [0.2, 0.25) is 0 Å². The Morgan fingerprint density at radius 1 is 1.29 bits per heavy atom. The monoisotopic (exact) mass is 228 g/mol. The first kappa shape index (κ1) is 9.95. The Morgan fingerprint density at radius 3 is 3.00 bits per heavy atom. The number of imidazole rings is 1. The lowest BCUT2D eigenvalue weighted by Crippen LogP contribution is -2.08. The Hall–Kier alpha value is -2.24. The van der Waals surface area contributed by atoms with Crippen LogP contribution >= 0.6 is 0 Å². The average Bonchev–Trinajstić information content (AvgIpc) is 2.95. The van der Waals surface area contributed by atoms with Gasteiger partial charge in [-0.25, -0.2) is 9.97 Å². The first-order valence-corrected chi connectivity index (χ1v) is 5.49. The number of hydrogen-bond donors (Lipinski definition) is 0. The molecule has 0 aromatic carbocycles. The predicted molar refractivity (Wildman–Crippen MR) is 62.0 cm³/mol. The topological polar surface area (TPSA) is 60.9 Å². The van der Waals surface area contributed by atoms with E-state index in [4.69, 9.17) is 0 Å². The molecule has 0 N–H and O–H groups in total. The summed E-state index contributed by atoms with van der Waals surface area (Å²) in [6.07, 6.45) is 6.09. The molecule has 86 valence electrons. The van der Waals surface area contributed by atoms with Crippen molar-refractivity contribution in [3.8, 4) is 5.82 Å². The van der Waals surface area contributed by atoms with Gasteiger partial charge in [-0.2, -0.15) is 14.6 Å². The molecule has 0 atom stereocenters. The minimum Gasteiger partial charge on any atom is -0.288 e. The molecule has 0 amide bonds. The number of aromatic nitrogens is 6. The summed E-state index contributed by atoms with van der Waals surface area (Å²) < 4.78 is 3.73. The van der Waals surface area contributed by atoms with Gasteiger partial charge in [0.25, 0.3) is 5.78 Å². The standard InChI is InChI=1S/C11H12N6/c1-3-9-12-4-5-16(9)10-6-8(2)15-11-13-7-14-17(10)11/h4-7H,3H2,1-2H3. The normalized spacial score (nSPS) is 11.2. The van der Waals surface area contributed by atoms with Crippen molar-refractivity contribution in [3.63, 3.8) is 0 Å². The molecule has 0 saturated heterocycles. The lowest BCUT2D eigenvalue weighted by atomic mass is 10.4. The summed E-state index contributed by atoms with van der Waals surface area (Å²) in [7, 11) is 0. The lowest BCUT2D eigenvalue weighted by molar-refractivity contribution is 0.802. The molecule has 3 rings (SSSR count). The zero-order chi connectivity index (χ0) is 11.8. The van der Waals surface area contributed by atoms with Crippen LogP contribution in [-0.2, 0) is 6.42 Å². The SMILES string of the molecule is CCc1nccn1-c1cc(C)nc2ncnn12. The van der Waals surface area contributed by atoms with E-state index in [0.29, 0.717) is 5.78 Å². The van der Waals surface area contributed by atoms with Crippen molar-refractivity contribution < 1.29 is 0 Å². The fourth-order valence-corrected chi connectivity index (χ4v) is 1.89. The third-order valence-corrected chi connectivity index (χ3v) is 2.64. The van der Waals surface area contributed by atoms with Crippen LogP contribution < -0.4 is 0 Å². The molecule has 0 aliphatic rings. The molecule has 3 heterocycles. The molecule has 0 fully saturated rings. The van der Waals surface area contributed by atoms with Gasteiger partial charge in [-0.3, -0.25) is 4.57 Å². The molecule has 6 heteroatoms. The van der Waals surface area contributed by atoms with E-state index in [1.54, 1.807) is 10.7 Å². The Labute approximate surface area is 98.0 Å². The van der Waals surface area contributed by atoms with Crippen molar-refractivity contribution in [2.75, 3.05) is 0 Å². The molecular formula is C11H12N6. The number of nitrogens with zero attached hydrogens (tertiary/aromatic N) is 6. The maximum Gasteiger partial charge on any atom is 0.254 e. The van der Waals surface area contributed by atoms with Crippen molar-refractivity contribution in [1.82, 2.24) is 29.1 Å². The summed E-state index contributed by atoms with van der Waals surface area (Å²) >= 11 is 0. The Morgan fingerprint density at radius 2 is 2.18 bits per heavy atom. The van der Waals surface area contributed by atoms with Gasteiger partial charge in [0, 0.05) is 30.6 Å². The van der Waals surface area contributed by atoms with Gasteiger partial charge in [0.15, 0.2) is 0 Å². The highest BCUT2D eigenvalue weighted by atomic mass is 15.4. The van der Waals surface area contributed by atoms with Crippen LogP contribution in [0.3, 0.4) is 0 Å². The van der Waals surface area contributed by atoms with Crippen LogP contribution in [0.25, 0.3) is 11.6 Å². The summed E-state index contributed by atoms with van der Waals surface area (Å²) in [6.45, 7) is 4.02. The molecule has 0 aliphatic carbocycles. The minimum absolute atomic E-state index is 0.607. The molecule has 3 aromatic rings. The van der Waals surface area contributed by atoms with Crippen molar-refractivity contribution in [3.05, 3.63) is 36.3 Å². The Kier molecular flexibility index (Phi) is 2.14. The molecule has 3 aromatic heterocycles. The van der Waals surface area contributed by atoms with Crippen molar-refractivity contribution in [1.29, 1.82) is 0 Å². The highest BCUT2D eigenvalue weighted by Gasteiger charge is 2.10. The third kappa shape index (κ3) is 1.49. The zero-order valence-electron chi connectivity index (χ0n) is 9.70. The van der Waals surface area contributed by atoms with Crippen molar-refractivity contribution >= 4 is 5.78 Å². The summed E-state index contributed by atoms with van der Waals surface area (Å²) in [5.41, 5.74) is 0.913. The summed E-state index contributed by atoms with van der Waals surface area (Å²) in [5, 5.41) is 4.19.